The molecule has 0 aliphatic carbocycles. The quantitative estimate of drug-likeness (QED) is 0.763. The van der Waals surface area contributed by atoms with Gasteiger partial charge in [-0.3, -0.25) is 9.69 Å². The first-order valence-electron chi connectivity index (χ1n) is 10.4. The molecule has 2 fully saturated rings. The zero-order chi connectivity index (χ0) is 22.2. The summed E-state index contributed by atoms with van der Waals surface area (Å²) in [7, 11) is 0. The van der Waals surface area contributed by atoms with E-state index in [4.69, 9.17) is 11.6 Å². The maximum atomic E-state index is 13.1. The molecule has 8 heteroatoms. The molecule has 2 aliphatic rings. The van der Waals surface area contributed by atoms with Crippen molar-refractivity contribution in [3.8, 4) is 0 Å². The van der Waals surface area contributed by atoms with E-state index in [0.717, 1.165) is 6.54 Å². The first-order chi connectivity index (χ1) is 14.7. The van der Waals surface area contributed by atoms with E-state index < -0.39 is 0 Å². The van der Waals surface area contributed by atoms with E-state index in [2.05, 4.69) is 24.1 Å². The number of nitrogens with one attached hydrogen (secondary N) is 1. The van der Waals surface area contributed by atoms with Crippen molar-refractivity contribution in [2.24, 2.45) is 0 Å². The largest absolute Gasteiger partial charge is 0.335 e. The number of nitrogens with zero attached hydrogens (tertiary/aromatic N) is 3. The minimum atomic E-state index is -0.346. The molecule has 2 aliphatic heterocycles. The molecule has 0 saturated carbocycles. The molecule has 0 aromatic heterocycles. The fourth-order valence-electron chi connectivity index (χ4n) is 4.54. The molecule has 3 amide bonds. The van der Waals surface area contributed by atoms with E-state index >= 15 is 0 Å². The van der Waals surface area contributed by atoms with E-state index in [0.29, 0.717) is 42.5 Å². The van der Waals surface area contributed by atoms with Gasteiger partial charge in [-0.05, 0) is 62.4 Å². The van der Waals surface area contributed by atoms with E-state index in [-0.39, 0.29) is 29.3 Å². The van der Waals surface area contributed by atoms with E-state index in [1.54, 1.807) is 41.3 Å². The Balaban J connectivity index is 1.46. The van der Waals surface area contributed by atoms with Gasteiger partial charge < -0.3 is 15.1 Å². The molecule has 2 heterocycles. The topological polar surface area (TPSA) is 55.9 Å². The third-order valence-electron chi connectivity index (χ3n) is 6.03. The molecule has 0 bridgehead atoms. The normalized spacial score (nSPS) is 20.8. The maximum absolute atomic E-state index is 13.1. The second-order valence-electron chi connectivity index (χ2n) is 8.74. The molecule has 1 unspecified atom stereocenters. The summed E-state index contributed by atoms with van der Waals surface area (Å²) in [5.74, 6) is -0.376. The number of carbonyl (C=O) groups excluding carboxylic acids is 2. The average molecular weight is 445 g/mol. The van der Waals surface area contributed by atoms with Crippen LogP contribution in [0.5, 0.6) is 0 Å². The van der Waals surface area contributed by atoms with Crippen LogP contribution in [0.1, 0.15) is 24.2 Å². The van der Waals surface area contributed by atoms with Crippen LogP contribution in [0, 0.1) is 5.82 Å². The van der Waals surface area contributed by atoms with Crippen LogP contribution in [0.2, 0.25) is 5.02 Å². The SMILES string of the molecule is CC1(C)CN(C(=O)c2ccc(Cl)cc2)CC2CN(C(=O)Nc3ccc(F)cc3)CCN21. The highest BCUT2D eigenvalue weighted by atomic mass is 35.5. The third kappa shape index (κ3) is 4.67. The molecule has 1 N–H and O–H groups in total. The highest BCUT2D eigenvalue weighted by Crippen LogP contribution is 2.29. The number of carbonyl (C=O) groups is 2. The van der Waals surface area contributed by atoms with Crippen molar-refractivity contribution in [3.63, 3.8) is 0 Å². The number of amides is 3. The van der Waals surface area contributed by atoms with Crippen LogP contribution in [0.25, 0.3) is 0 Å². The number of hydrogen-bond donors (Lipinski definition) is 1. The lowest BCUT2D eigenvalue weighted by molar-refractivity contribution is -0.0472. The highest BCUT2D eigenvalue weighted by Gasteiger charge is 2.44. The molecule has 0 spiro atoms. The number of urea groups is 1. The van der Waals surface area contributed by atoms with Gasteiger partial charge in [0.2, 0.25) is 0 Å². The molecular formula is C23H26ClFN4O2. The van der Waals surface area contributed by atoms with Gasteiger partial charge in [0, 0.05) is 60.6 Å². The Hall–Kier alpha value is -2.64. The van der Waals surface area contributed by atoms with Crippen LogP contribution in [0.3, 0.4) is 0 Å². The number of halogens is 2. The summed E-state index contributed by atoms with van der Waals surface area (Å²) in [5, 5.41) is 3.42. The number of hydrogen-bond acceptors (Lipinski definition) is 3. The molecular weight excluding hydrogens is 419 g/mol. The van der Waals surface area contributed by atoms with Gasteiger partial charge in [0.05, 0.1) is 0 Å². The molecule has 31 heavy (non-hydrogen) atoms. The lowest BCUT2D eigenvalue weighted by atomic mass is 9.92. The molecule has 1 atom stereocenters. The Kier molecular flexibility index (Phi) is 5.90. The van der Waals surface area contributed by atoms with Gasteiger partial charge in [-0.25, -0.2) is 9.18 Å². The molecule has 4 rings (SSSR count). The van der Waals surface area contributed by atoms with Crippen LogP contribution in [0.15, 0.2) is 48.5 Å². The Labute approximate surface area is 186 Å². The molecule has 2 aromatic rings. The first kappa shape index (κ1) is 21.6. The Morgan fingerprint density at radius 2 is 1.65 bits per heavy atom. The summed E-state index contributed by atoms with van der Waals surface area (Å²) >= 11 is 5.96. The first-order valence-corrected chi connectivity index (χ1v) is 10.7. The van der Waals surface area contributed by atoms with Crippen molar-refractivity contribution in [2.45, 2.75) is 25.4 Å². The summed E-state index contributed by atoms with van der Waals surface area (Å²) < 4.78 is 13.1. The fraction of sp³-hybridized carbons (Fsp3) is 0.391. The average Bonchev–Trinajstić information content (AvgIpc) is 2.74. The predicted octanol–water partition coefficient (Wildman–Crippen LogP) is 3.93. The van der Waals surface area contributed by atoms with Gasteiger partial charge in [-0.2, -0.15) is 0 Å². The summed E-state index contributed by atoms with van der Waals surface area (Å²) in [6, 6.07) is 12.5. The second-order valence-corrected chi connectivity index (χ2v) is 9.17. The monoisotopic (exact) mass is 444 g/mol. The Bertz CT molecular complexity index is 965. The minimum absolute atomic E-state index is 0.0303. The molecule has 6 nitrogen and oxygen atoms in total. The van der Waals surface area contributed by atoms with Crippen LogP contribution >= 0.6 is 11.6 Å². The van der Waals surface area contributed by atoms with Crippen LogP contribution in [-0.2, 0) is 0 Å². The molecule has 164 valence electrons. The molecule has 2 saturated heterocycles. The third-order valence-corrected chi connectivity index (χ3v) is 6.28. The summed E-state index contributed by atoms with van der Waals surface area (Å²) in [5.41, 5.74) is 0.956. The van der Waals surface area contributed by atoms with Crippen LogP contribution in [-0.4, -0.2) is 70.9 Å². The molecule has 0 radical (unpaired) electrons. The molecule has 2 aromatic carbocycles. The van der Waals surface area contributed by atoms with Gasteiger partial charge in [0.1, 0.15) is 5.82 Å². The van der Waals surface area contributed by atoms with Gasteiger partial charge in [0.25, 0.3) is 5.91 Å². The fourth-order valence-corrected chi connectivity index (χ4v) is 4.66. The predicted molar refractivity (Wildman–Crippen MR) is 119 cm³/mol. The van der Waals surface area contributed by atoms with Crippen LogP contribution in [0.4, 0.5) is 14.9 Å². The van der Waals surface area contributed by atoms with Crippen molar-refractivity contribution in [3.05, 3.63) is 64.9 Å². The lowest BCUT2D eigenvalue weighted by Gasteiger charge is -2.55. The van der Waals surface area contributed by atoms with Crippen molar-refractivity contribution >= 4 is 29.2 Å². The maximum Gasteiger partial charge on any atom is 0.321 e. The summed E-state index contributed by atoms with van der Waals surface area (Å²) in [6.45, 7) is 7.28. The number of rotatable bonds is 2. The van der Waals surface area contributed by atoms with Crippen molar-refractivity contribution in [2.75, 3.05) is 38.0 Å². The van der Waals surface area contributed by atoms with Crippen LogP contribution < -0.4 is 5.32 Å². The number of fused-ring (bicyclic) bond motifs is 1. The van der Waals surface area contributed by atoms with E-state index in [1.807, 2.05) is 4.90 Å². The van der Waals surface area contributed by atoms with Crippen molar-refractivity contribution in [1.82, 2.24) is 14.7 Å². The summed E-state index contributed by atoms with van der Waals surface area (Å²) in [4.78, 5) is 31.9. The van der Waals surface area contributed by atoms with Crippen molar-refractivity contribution < 1.29 is 14.0 Å². The standard InChI is InChI=1S/C23H26ClFN4O2/c1-23(2)15-28(21(30)16-3-5-17(24)6-4-16)14-20-13-27(11-12-29(20)23)22(31)26-19-9-7-18(25)8-10-19/h3-10,20H,11-15H2,1-2H3,(H,26,31). The van der Waals surface area contributed by atoms with E-state index in [1.165, 1.54) is 12.1 Å². The summed E-state index contributed by atoms with van der Waals surface area (Å²) in [6.07, 6.45) is 0. The smallest absolute Gasteiger partial charge is 0.321 e. The Morgan fingerprint density at radius 1 is 1.00 bits per heavy atom. The zero-order valence-electron chi connectivity index (χ0n) is 17.6. The lowest BCUT2D eigenvalue weighted by Crippen LogP contribution is -2.70. The van der Waals surface area contributed by atoms with Gasteiger partial charge in [0.15, 0.2) is 0 Å². The number of anilines is 1. The Morgan fingerprint density at radius 3 is 2.32 bits per heavy atom. The highest BCUT2D eigenvalue weighted by molar-refractivity contribution is 6.30. The van der Waals surface area contributed by atoms with Gasteiger partial charge >= 0.3 is 6.03 Å². The minimum Gasteiger partial charge on any atom is -0.335 e. The second kappa shape index (κ2) is 8.48. The van der Waals surface area contributed by atoms with E-state index in [9.17, 15) is 14.0 Å². The number of benzene rings is 2. The van der Waals surface area contributed by atoms with Crippen molar-refractivity contribution in [1.29, 1.82) is 0 Å². The van der Waals surface area contributed by atoms with Gasteiger partial charge in [-0.15, -0.1) is 0 Å². The zero-order valence-corrected chi connectivity index (χ0v) is 18.4. The van der Waals surface area contributed by atoms with Gasteiger partial charge in [-0.1, -0.05) is 11.6 Å². The number of piperazine rings is 2.